The van der Waals surface area contributed by atoms with Gasteiger partial charge in [-0.2, -0.15) is 0 Å². The molecule has 2 aromatic rings. The fourth-order valence-electron chi connectivity index (χ4n) is 3.06. The summed E-state index contributed by atoms with van der Waals surface area (Å²) >= 11 is 0. The number of carbonyl (C=O) groups is 3. The van der Waals surface area contributed by atoms with Gasteiger partial charge in [0.2, 0.25) is 0 Å². The zero-order valence-corrected chi connectivity index (χ0v) is 18.7. The molecule has 0 bridgehead atoms. The molecule has 0 aliphatic carbocycles. The Morgan fingerprint density at radius 3 is 1.84 bits per heavy atom. The van der Waals surface area contributed by atoms with Gasteiger partial charge in [-0.3, -0.25) is 9.59 Å². The van der Waals surface area contributed by atoms with Crippen molar-refractivity contribution in [1.29, 1.82) is 0 Å². The van der Waals surface area contributed by atoms with Gasteiger partial charge in [-0.15, -0.1) is 0 Å². The van der Waals surface area contributed by atoms with Gasteiger partial charge in [-0.05, 0) is 47.4 Å². The zero-order chi connectivity index (χ0) is 23.2. The number of ketones is 1. The molecule has 0 spiro atoms. The van der Waals surface area contributed by atoms with Gasteiger partial charge < -0.3 is 14.2 Å². The molecule has 0 heterocycles. The van der Waals surface area contributed by atoms with Crippen molar-refractivity contribution in [2.45, 2.75) is 38.7 Å². The molecule has 0 radical (unpaired) electrons. The van der Waals surface area contributed by atoms with Crippen LogP contribution in [-0.4, -0.2) is 31.9 Å². The molecule has 31 heavy (non-hydrogen) atoms. The predicted octanol–water partition coefficient (Wildman–Crippen LogP) is 4.36. The monoisotopic (exact) mass is 424 g/mol. The Bertz CT molecular complexity index is 965. The van der Waals surface area contributed by atoms with Crippen LogP contribution in [0.25, 0.3) is 0 Å². The highest BCUT2D eigenvalue weighted by Gasteiger charge is 2.43. The summed E-state index contributed by atoms with van der Waals surface area (Å²) in [6, 6.07) is 13.6. The number of methoxy groups -OCH3 is 2. The molecule has 0 saturated heterocycles. The second-order valence-electron chi connectivity index (χ2n) is 8.07. The van der Waals surface area contributed by atoms with Crippen LogP contribution >= 0.6 is 0 Å². The Hall–Kier alpha value is -3.41. The van der Waals surface area contributed by atoms with Gasteiger partial charge in [0.15, 0.2) is 5.78 Å². The highest BCUT2D eigenvalue weighted by atomic mass is 16.6. The smallest absolute Gasteiger partial charge is 0.359 e. The fourth-order valence-corrected chi connectivity index (χ4v) is 3.06. The largest absolute Gasteiger partial charge is 0.497 e. The number of rotatable bonds is 7. The maximum absolute atomic E-state index is 12.8. The molecule has 0 saturated carbocycles. The highest BCUT2D eigenvalue weighted by Crippen LogP contribution is 2.32. The van der Waals surface area contributed by atoms with Gasteiger partial charge in [0.25, 0.3) is 5.60 Å². The summed E-state index contributed by atoms with van der Waals surface area (Å²) in [5.41, 5.74) is -0.188. The van der Waals surface area contributed by atoms with E-state index in [1.165, 1.54) is 33.3 Å². The molecule has 1 unspecified atom stereocenters. The molecule has 0 aromatic heterocycles. The summed E-state index contributed by atoms with van der Waals surface area (Å²) in [6.07, 6.45) is 2.47. The van der Waals surface area contributed by atoms with Gasteiger partial charge in [-0.1, -0.05) is 45.0 Å². The van der Waals surface area contributed by atoms with Crippen molar-refractivity contribution in [3.63, 3.8) is 0 Å². The predicted molar refractivity (Wildman–Crippen MR) is 117 cm³/mol. The second kappa shape index (κ2) is 9.60. The van der Waals surface area contributed by atoms with Crippen LogP contribution in [0.2, 0.25) is 0 Å². The number of carbonyl (C=O) groups excluding carboxylic acids is 3. The van der Waals surface area contributed by atoms with E-state index in [0.717, 1.165) is 5.56 Å². The lowest BCUT2D eigenvalue weighted by Crippen LogP contribution is -2.39. The summed E-state index contributed by atoms with van der Waals surface area (Å²) in [6.45, 7) is 7.39. The Kier molecular flexibility index (Phi) is 7.39. The molecular weight excluding hydrogens is 396 g/mol. The molecule has 0 N–H and O–H groups in total. The topological polar surface area (TPSA) is 78.9 Å². The second-order valence-corrected chi connectivity index (χ2v) is 8.07. The average Bonchev–Trinajstić information content (AvgIpc) is 2.75. The summed E-state index contributed by atoms with van der Waals surface area (Å²) in [7, 11) is 2.73. The average molecular weight is 424 g/mol. The van der Waals surface area contributed by atoms with Crippen LogP contribution in [0.15, 0.2) is 60.7 Å². The van der Waals surface area contributed by atoms with Crippen molar-refractivity contribution in [2.24, 2.45) is 0 Å². The van der Waals surface area contributed by atoms with E-state index in [9.17, 15) is 14.4 Å². The SMILES string of the molecule is COC(=O)C(/C=C/C(=O)c1ccc(OC)cc1)(OC(C)=O)c1ccc(C(C)(C)C)cc1. The zero-order valence-electron chi connectivity index (χ0n) is 18.7. The first-order valence-electron chi connectivity index (χ1n) is 9.80. The fraction of sp³-hybridized carbons (Fsp3) is 0.320. The van der Waals surface area contributed by atoms with E-state index >= 15 is 0 Å². The van der Waals surface area contributed by atoms with Gasteiger partial charge in [-0.25, -0.2) is 4.79 Å². The summed E-state index contributed by atoms with van der Waals surface area (Å²) in [4.78, 5) is 37.4. The van der Waals surface area contributed by atoms with Crippen LogP contribution < -0.4 is 4.74 Å². The molecule has 0 aliphatic rings. The maximum atomic E-state index is 12.8. The van der Waals surface area contributed by atoms with E-state index in [2.05, 4.69) is 20.8 Å². The Morgan fingerprint density at radius 1 is 0.839 bits per heavy atom. The standard InChI is InChI=1S/C25H28O6/c1-17(26)31-25(23(28)30-6,20-11-9-19(10-12-20)24(2,3)4)16-15-22(27)18-7-13-21(29-5)14-8-18/h7-16H,1-6H3/b16-15+. The number of ether oxygens (including phenoxy) is 3. The van der Waals surface area contributed by atoms with Crippen molar-refractivity contribution < 1.29 is 28.6 Å². The molecule has 0 fully saturated rings. The van der Waals surface area contributed by atoms with Crippen LogP contribution in [0.3, 0.4) is 0 Å². The summed E-state index contributed by atoms with van der Waals surface area (Å²) in [5.74, 6) is -1.26. The lowest BCUT2D eigenvalue weighted by molar-refractivity contribution is -0.174. The first-order chi connectivity index (χ1) is 14.5. The van der Waals surface area contributed by atoms with Crippen molar-refractivity contribution >= 4 is 17.7 Å². The number of esters is 2. The molecule has 0 aliphatic heterocycles. The Morgan fingerprint density at radius 2 is 1.39 bits per heavy atom. The lowest BCUT2D eigenvalue weighted by atomic mass is 9.84. The maximum Gasteiger partial charge on any atom is 0.359 e. The number of allylic oxidation sites excluding steroid dienone is 1. The van der Waals surface area contributed by atoms with Crippen LogP contribution in [0.5, 0.6) is 5.75 Å². The molecular formula is C25H28O6. The van der Waals surface area contributed by atoms with E-state index in [1.807, 2.05) is 12.1 Å². The summed E-state index contributed by atoms with van der Waals surface area (Å²) in [5, 5.41) is 0. The molecule has 1 atom stereocenters. The van der Waals surface area contributed by atoms with Crippen molar-refractivity contribution in [1.82, 2.24) is 0 Å². The van der Waals surface area contributed by atoms with Gasteiger partial charge >= 0.3 is 11.9 Å². The number of hydrogen-bond donors (Lipinski definition) is 0. The highest BCUT2D eigenvalue weighted by molar-refractivity contribution is 6.05. The molecule has 2 rings (SSSR count). The molecule has 0 amide bonds. The van der Waals surface area contributed by atoms with E-state index in [0.29, 0.717) is 16.9 Å². The van der Waals surface area contributed by atoms with E-state index in [4.69, 9.17) is 14.2 Å². The van der Waals surface area contributed by atoms with Crippen LogP contribution in [0, 0.1) is 0 Å². The first-order valence-corrected chi connectivity index (χ1v) is 9.80. The van der Waals surface area contributed by atoms with Crippen molar-refractivity contribution in [2.75, 3.05) is 14.2 Å². The van der Waals surface area contributed by atoms with Gasteiger partial charge in [0.05, 0.1) is 14.2 Å². The molecule has 164 valence electrons. The minimum atomic E-state index is -1.89. The third-order valence-electron chi connectivity index (χ3n) is 4.82. The van der Waals surface area contributed by atoms with E-state index in [1.54, 1.807) is 36.4 Å². The van der Waals surface area contributed by atoms with Crippen LogP contribution in [0.4, 0.5) is 0 Å². The molecule has 2 aromatic carbocycles. The van der Waals surface area contributed by atoms with Crippen LogP contribution in [0.1, 0.15) is 49.2 Å². The van der Waals surface area contributed by atoms with Crippen molar-refractivity contribution in [3.05, 3.63) is 77.4 Å². The Balaban J connectivity index is 2.52. The summed E-state index contributed by atoms with van der Waals surface area (Å²) < 4.78 is 15.5. The van der Waals surface area contributed by atoms with E-state index < -0.39 is 17.5 Å². The number of hydrogen-bond acceptors (Lipinski definition) is 6. The van der Waals surface area contributed by atoms with Crippen molar-refractivity contribution in [3.8, 4) is 5.75 Å². The first kappa shape index (κ1) is 23.9. The van der Waals surface area contributed by atoms with Crippen LogP contribution in [-0.2, 0) is 30.1 Å². The molecule has 6 nitrogen and oxygen atoms in total. The van der Waals surface area contributed by atoms with Gasteiger partial charge in [0.1, 0.15) is 5.75 Å². The minimum absolute atomic E-state index is 0.103. The third kappa shape index (κ3) is 5.60. The number of benzene rings is 2. The van der Waals surface area contributed by atoms with E-state index in [-0.39, 0.29) is 11.2 Å². The third-order valence-corrected chi connectivity index (χ3v) is 4.82. The lowest BCUT2D eigenvalue weighted by Gasteiger charge is -2.28. The Labute approximate surface area is 182 Å². The quantitative estimate of drug-likeness (QED) is 0.373. The minimum Gasteiger partial charge on any atom is -0.497 e. The van der Waals surface area contributed by atoms with Gasteiger partial charge in [0, 0.05) is 18.1 Å². The normalized spacial score (nSPS) is 13.4. The molecule has 6 heteroatoms.